The van der Waals surface area contributed by atoms with Gasteiger partial charge in [-0.2, -0.15) is 13.2 Å². The molecule has 38 heavy (non-hydrogen) atoms. The van der Waals surface area contributed by atoms with Gasteiger partial charge in [0, 0.05) is 55.1 Å². The van der Waals surface area contributed by atoms with E-state index in [1.807, 2.05) is 16.2 Å². The standard InChI is InChI=1S/C26H24F3N7O2/c1-2-35-11-8-17(13-20(35)37)24-34-21(22-23(30)32-10-12-36(22)24)15-3-5-16(6-4-15)25(38)33-19-14-18(7-9-31-19)26(27,28)29/h3-7,9-10,12,14,17H,2,8,11,13H2,1H3,(H2,30,32)(H,31,33,38). The molecule has 1 aliphatic heterocycles. The van der Waals surface area contributed by atoms with E-state index >= 15 is 0 Å². The van der Waals surface area contributed by atoms with Gasteiger partial charge < -0.3 is 16.0 Å². The van der Waals surface area contributed by atoms with Crippen molar-refractivity contribution in [1.29, 1.82) is 0 Å². The van der Waals surface area contributed by atoms with E-state index < -0.39 is 17.6 Å². The first kappa shape index (κ1) is 25.2. The molecular weight excluding hydrogens is 499 g/mol. The molecule has 0 radical (unpaired) electrons. The zero-order valence-corrected chi connectivity index (χ0v) is 20.4. The summed E-state index contributed by atoms with van der Waals surface area (Å²) in [6.45, 7) is 3.27. The number of likely N-dealkylation sites (tertiary alicyclic amines) is 1. The fourth-order valence-electron chi connectivity index (χ4n) is 4.65. The summed E-state index contributed by atoms with van der Waals surface area (Å²) in [7, 11) is 0. The molecule has 1 aliphatic rings. The van der Waals surface area contributed by atoms with Crippen molar-refractivity contribution in [2.24, 2.45) is 0 Å². The van der Waals surface area contributed by atoms with Crippen molar-refractivity contribution in [1.82, 2.24) is 24.3 Å². The molecule has 5 rings (SSSR count). The van der Waals surface area contributed by atoms with Crippen LogP contribution < -0.4 is 11.1 Å². The largest absolute Gasteiger partial charge is 0.416 e. The Bertz CT molecular complexity index is 1520. The molecule has 1 unspecified atom stereocenters. The number of alkyl halides is 3. The predicted octanol–water partition coefficient (Wildman–Crippen LogP) is 4.37. The topological polar surface area (TPSA) is 119 Å². The van der Waals surface area contributed by atoms with Crippen LogP contribution in [-0.2, 0) is 11.0 Å². The molecule has 4 aromatic rings. The van der Waals surface area contributed by atoms with E-state index in [1.165, 1.54) is 0 Å². The smallest absolute Gasteiger partial charge is 0.382 e. The normalized spacial score (nSPS) is 16.2. The number of hydrogen-bond donors (Lipinski definition) is 2. The van der Waals surface area contributed by atoms with E-state index in [1.54, 1.807) is 36.7 Å². The number of piperidine rings is 1. The van der Waals surface area contributed by atoms with Gasteiger partial charge in [-0.15, -0.1) is 0 Å². The van der Waals surface area contributed by atoms with E-state index in [2.05, 4.69) is 15.3 Å². The van der Waals surface area contributed by atoms with Crippen LogP contribution in [0.2, 0.25) is 0 Å². The Morgan fingerprint density at radius 2 is 1.92 bits per heavy atom. The van der Waals surface area contributed by atoms with Gasteiger partial charge in [-0.05, 0) is 37.6 Å². The lowest BCUT2D eigenvalue weighted by molar-refractivity contribution is -0.137. The molecule has 12 heteroatoms. The van der Waals surface area contributed by atoms with E-state index in [0.29, 0.717) is 42.1 Å². The average Bonchev–Trinajstić information content (AvgIpc) is 3.29. The molecule has 0 spiro atoms. The summed E-state index contributed by atoms with van der Waals surface area (Å²) in [4.78, 5) is 39.9. The zero-order valence-electron chi connectivity index (χ0n) is 20.4. The van der Waals surface area contributed by atoms with Crippen LogP contribution in [0, 0.1) is 0 Å². The SMILES string of the molecule is CCN1CCC(c2nc(-c3ccc(C(=O)Nc4cc(C(F)(F)F)ccn4)cc3)c3c(N)nccn23)CC1=O. The molecule has 196 valence electrons. The lowest BCUT2D eigenvalue weighted by Gasteiger charge is -2.30. The van der Waals surface area contributed by atoms with Gasteiger partial charge in [0.25, 0.3) is 5.91 Å². The fraction of sp³-hybridized carbons (Fsp3) is 0.269. The number of fused-ring (bicyclic) bond motifs is 1. The summed E-state index contributed by atoms with van der Waals surface area (Å²) in [6.07, 6.45) is 0.891. The molecule has 3 N–H and O–H groups in total. The molecule has 3 aromatic heterocycles. The Balaban J connectivity index is 1.43. The summed E-state index contributed by atoms with van der Waals surface area (Å²) in [5.74, 6) is 0.164. The molecule has 1 saturated heterocycles. The van der Waals surface area contributed by atoms with Gasteiger partial charge in [0.1, 0.15) is 28.7 Å². The first-order valence-corrected chi connectivity index (χ1v) is 12.0. The summed E-state index contributed by atoms with van der Waals surface area (Å²) in [6, 6.07) is 8.04. The van der Waals surface area contributed by atoms with Crippen LogP contribution in [0.5, 0.6) is 0 Å². The van der Waals surface area contributed by atoms with E-state index in [9.17, 15) is 22.8 Å². The summed E-state index contributed by atoms with van der Waals surface area (Å²) < 4.78 is 40.8. The third kappa shape index (κ3) is 4.76. The van der Waals surface area contributed by atoms with Crippen LogP contribution in [0.3, 0.4) is 0 Å². The fourth-order valence-corrected chi connectivity index (χ4v) is 4.65. The first-order chi connectivity index (χ1) is 18.2. The molecule has 0 bridgehead atoms. The summed E-state index contributed by atoms with van der Waals surface area (Å²) >= 11 is 0. The maximum atomic E-state index is 13.0. The number of aromatic nitrogens is 4. The van der Waals surface area contributed by atoms with Gasteiger partial charge in [-0.1, -0.05) is 12.1 Å². The number of nitrogens with zero attached hydrogens (tertiary/aromatic N) is 5. The Kier molecular flexibility index (Phi) is 6.47. The predicted molar refractivity (Wildman–Crippen MR) is 134 cm³/mol. The summed E-state index contributed by atoms with van der Waals surface area (Å²) in [5.41, 5.74) is 7.35. The Hall–Kier alpha value is -4.48. The molecule has 1 atom stereocenters. The van der Waals surface area contributed by atoms with Crippen LogP contribution >= 0.6 is 0 Å². The van der Waals surface area contributed by atoms with Gasteiger partial charge >= 0.3 is 6.18 Å². The Morgan fingerprint density at radius 3 is 2.61 bits per heavy atom. The number of carbonyl (C=O) groups is 2. The maximum Gasteiger partial charge on any atom is 0.416 e. The number of rotatable bonds is 5. The second-order valence-corrected chi connectivity index (χ2v) is 8.97. The molecule has 1 fully saturated rings. The van der Waals surface area contributed by atoms with E-state index in [-0.39, 0.29) is 29.0 Å². The van der Waals surface area contributed by atoms with Crippen LogP contribution in [-0.4, -0.2) is 49.2 Å². The van der Waals surface area contributed by atoms with Gasteiger partial charge in [-0.3, -0.25) is 14.0 Å². The second kappa shape index (κ2) is 9.77. The quantitative estimate of drug-likeness (QED) is 0.401. The van der Waals surface area contributed by atoms with E-state index in [4.69, 9.17) is 10.7 Å². The zero-order chi connectivity index (χ0) is 27.0. The minimum absolute atomic E-state index is 0.0784. The molecule has 9 nitrogen and oxygen atoms in total. The number of benzene rings is 1. The van der Waals surface area contributed by atoms with Gasteiger partial charge in [0.2, 0.25) is 5.91 Å². The highest BCUT2D eigenvalue weighted by molar-refractivity contribution is 6.04. The second-order valence-electron chi connectivity index (χ2n) is 8.97. The maximum absolute atomic E-state index is 13.0. The third-order valence-corrected chi connectivity index (χ3v) is 6.63. The first-order valence-electron chi connectivity index (χ1n) is 12.0. The number of nitrogen functional groups attached to an aromatic ring is 1. The summed E-state index contributed by atoms with van der Waals surface area (Å²) in [5, 5.41) is 2.39. The van der Waals surface area contributed by atoms with Crippen LogP contribution in [0.15, 0.2) is 55.0 Å². The monoisotopic (exact) mass is 523 g/mol. The lowest BCUT2D eigenvalue weighted by Crippen LogP contribution is -2.38. The number of halogens is 3. The number of hydrogen-bond acceptors (Lipinski definition) is 6. The molecule has 2 amide bonds. The highest BCUT2D eigenvalue weighted by Gasteiger charge is 2.31. The Morgan fingerprint density at radius 1 is 1.16 bits per heavy atom. The highest BCUT2D eigenvalue weighted by Crippen LogP contribution is 2.35. The van der Waals surface area contributed by atoms with Crippen LogP contribution in [0.4, 0.5) is 24.8 Å². The van der Waals surface area contributed by atoms with Gasteiger partial charge in [-0.25, -0.2) is 15.0 Å². The Labute approximate surface area is 215 Å². The number of nitrogens with one attached hydrogen (secondary N) is 1. The lowest BCUT2D eigenvalue weighted by atomic mass is 9.95. The molecule has 0 aliphatic carbocycles. The highest BCUT2D eigenvalue weighted by atomic mass is 19.4. The van der Waals surface area contributed by atoms with Crippen molar-refractivity contribution in [2.75, 3.05) is 24.1 Å². The van der Waals surface area contributed by atoms with Crippen molar-refractivity contribution < 1.29 is 22.8 Å². The molecular formula is C26H24F3N7O2. The molecule has 4 heterocycles. The van der Waals surface area contributed by atoms with E-state index in [0.717, 1.165) is 24.8 Å². The minimum atomic E-state index is -4.55. The molecule has 0 saturated carbocycles. The van der Waals surface area contributed by atoms with Gasteiger partial charge in [0.05, 0.1) is 5.56 Å². The van der Waals surface area contributed by atoms with Gasteiger partial charge in [0.15, 0.2) is 0 Å². The number of imidazole rings is 1. The van der Waals surface area contributed by atoms with Crippen molar-refractivity contribution in [2.45, 2.75) is 31.9 Å². The van der Waals surface area contributed by atoms with Crippen molar-refractivity contribution in [3.05, 3.63) is 71.9 Å². The number of amides is 2. The van der Waals surface area contributed by atoms with Crippen molar-refractivity contribution in [3.63, 3.8) is 0 Å². The average molecular weight is 524 g/mol. The number of pyridine rings is 1. The minimum Gasteiger partial charge on any atom is -0.382 e. The number of carbonyl (C=O) groups excluding carboxylic acids is 2. The number of anilines is 2. The molecule has 1 aromatic carbocycles. The van der Waals surface area contributed by atoms with Crippen LogP contribution in [0.25, 0.3) is 16.8 Å². The number of nitrogens with two attached hydrogens (primary N) is 1. The third-order valence-electron chi connectivity index (χ3n) is 6.63. The van der Waals surface area contributed by atoms with Crippen molar-refractivity contribution >= 4 is 29.0 Å². The van der Waals surface area contributed by atoms with Crippen molar-refractivity contribution in [3.8, 4) is 11.3 Å². The van der Waals surface area contributed by atoms with Crippen LogP contribution in [0.1, 0.15) is 47.4 Å².